The summed E-state index contributed by atoms with van der Waals surface area (Å²) in [6.07, 6.45) is 6.40. The summed E-state index contributed by atoms with van der Waals surface area (Å²) in [7, 11) is -3.92. The number of rotatable bonds is 15. The average Bonchev–Trinajstić information content (AvgIpc) is 2.87. The number of hydrogen-bond donors (Lipinski definition) is 0. The Morgan fingerprint density at radius 2 is 1.19 bits per heavy atom. The van der Waals surface area contributed by atoms with Gasteiger partial charge in [-0.25, -0.2) is 22.0 Å². The predicted octanol–water partition coefficient (Wildman–Crippen LogP) is 10.9. The van der Waals surface area contributed by atoms with E-state index in [0.29, 0.717) is 12.1 Å². The molecule has 0 aromatic heterocycles. The monoisotopic (exact) mass is 564 g/mol. The Kier molecular flexibility index (Phi) is 11.6. The van der Waals surface area contributed by atoms with E-state index < -0.39 is 67.8 Å². The van der Waals surface area contributed by atoms with Crippen LogP contribution in [0, 0.1) is 34.9 Å². The summed E-state index contributed by atoms with van der Waals surface area (Å²) in [5.74, 6) is -11.2. The molecule has 0 heterocycles. The van der Waals surface area contributed by atoms with Crippen molar-refractivity contribution in [2.24, 2.45) is 0 Å². The van der Waals surface area contributed by atoms with Crippen LogP contribution in [0.25, 0.3) is 10.8 Å². The van der Waals surface area contributed by atoms with Crippen LogP contribution < -0.4 is 4.43 Å². The minimum Gasteiger partial charge on any atom is -0.539 e. The zero-order valence-corrected chi connectivity index (χ0v) is 25.1. The van der Waals surface area contributed by atoms with E-state index >= 15 is 4.39 Å². The summed E-state index contributed by atoms with van der Waals surface area (Å²) < 4.78 is 93.1. The molecule has 0 saturated carbocycles. The maximum Gasteiger partial charge on any atom is 0.253 e. The molecule has 9 heteroatoms. The van der Waals surface area contributed by atoms with E-state index in [1.54, 1.807) is 0 Å². The molecule has 37 heavy (non-hydrogen) atoms. The first-order valence-corrected chi connectivity index (χ1v) is 19.2. The van der Waals surface area contributed by atoms with Crippen molar-refractivity contribution in [1.82, 2.24) is 0 Å². The SMILES string of the molecule is CC[Si](C)(CC)CCCCCCCC[Si](CC)(Oc1c(F)c(F)c2c(F)cc(F)c(F)c2c1F)C(C)C. The molecule has 1 atom stereocenters. The van der Waals surface area contributed by atoms with Crippen molar-refractivity contribution >= 4 is 27.2 Å². The molecule has 0 N–H and O–H groups in total. The maximum atomic E-state index is 15.3. The number of benzene rings is 2. The Bertz CT molecular complexity index is 1060. The van der Waals surface area contributed by atoms with Gasteiger partial charge in [0.1, 0.15) is 5.82 Å². The fourth-order valence-electron chi connectivity index (χ4n) is 5.13. The van der Waals surface area contributed by atoms with Crippen molar-refractivity contribution in [2.75, 3.05) is 0 Å². The smallest absolute Gasteiger partial charge is 0.253 e. The van der Waals surface area contributed by atoms with Crippen molar-refractivity contribution in [1.29, 1.82) is 0 Å². The first-order valence-electron chi connectivity index (χ1n) is 13.7. The van der Waals surface area contributed by atoms with Gasteiger partial charge < -0.3 is 4.43 Å². The Balaban J connectivity index is 2.14. The average molecular weight is 565 g/mol. The van der Waals surface area contributed by atoms with E-state index in [0.717, 1.165) is 25.7 Å². The van der Waals surface area contributed by atoms with E-state index in [1.807, 2.05) is 20.8 Å². The molecule has 1 unspecified atom stereocenters. The van der Waals surface area contributed by atoms with E-state index in [4.69, 9.17) is 4.43 Å². The normalized spacial score (nSPS) is 14.0. The minimum atomic E-state index is -2.87. The van der Waals surface area contributed by atoms with Crippen molar-refractivity contribution in [3.63, 3.8) is 0 Å². The Hall–Kier alpha value is -1.49. The number of halogens is 6. The highest BCUT2D eigenvalue weighted by molar-refractivity contribution is 6.78. The summed E-state index contributed by atoms with van der Waals surface area (Å²) in [6, 6.07) is 5.17. The molecule has 0 saturated heterocycles. The zero-order valence-electron chi connectivity index (χ0n) is 23.1. The largest absolute Gasteiger partial charge is 0.539 e. The van der Waals surface area contributed by atoms with Gasteiger partial charge in [0, 0.05) is 14.1 Å². The van der Waals surface area contributed by atoms with Crippen molar-refractivity contribution < 1.29 is 30.8 Å². The summed E-state index contributed by atoms with van der Waals surface area (Å²) in [6.45, 7) is 12.7. The van der Waals surface area contributed by atoms with E-state index in [1.165, 1.54) is 31.0 Å². The lowest BCUT2D eigenvalue weighted by Crippen LogP contribution is -2.44. The minimum absolute atomic E-state index is 0.0742. The fraction of sp³-hybridized carbons (Fsp3) is 0.643. The Morgan fingerprint density at radius 3 is 1.70 bits per heavy atom. The second kappa shape index (κ2) is 13.5. The van der Waals surface area contributed by atoms with Gasteiger partial charge in [-0.15, -0.1) is 0 Å². The van der Waals surface area contributed by atoms with E-state index in [-0.39, 0.29) is 11.6 Å². The van der Waals surface area contributed by atoms with Crippen LogP contribution in [-0.2, 0) is 0 Å². The van der Waals surface area contributed by atoms with Crippen molar-refractivity contribution in [3.8, 4) is 5.75 Å². The Morgan fingerprint density at radius 1 is 0.649 bits per heavy atom. The molecule has 2 rings (SSSR count). The first-order chi connectivity index (χ1) is 17.4. The number of unbranched alkanes of at least 4 members (excludes halogenated alkanes) is 5. The lowest BCUT2D eigenvalue weighted by atomic mass is 10.1. The molecule has 0 aliphatic carbocycles. The van der Waals surface area contributed by atoms with Gasteiger partial charge in [0.25, 0.3) is 8.32 Å². The second-order valence-corrected chi connectivity index (χ2v) is 21.2. The third-order valence-electron chi connectivity index (χ3n) is 8.50. The first kappa shape index (κ1) is 31.7. The third kappa shape index (κ3) is 7.13. The molecule has 210 valence electrons. The highest BCUT2D eigenvalue weighted by atomic mass is 28.4. The number of fused-ring (bicyclic) bond motifs is 1. The molecule has 0 spiro atoms. The van der Waals surface area contributed by atoms with Gasteiger partial charge in [-0.1, -0.05) is 97.8 Å². The van der Waals surface area contributed by atoms with Gasteiger partial charge in [-0.2, -0.15) is 4.39 Å². The standard InChI is InChI=1S/C28H42F6OSi2/c1-7-36(6,8-2)16-14-12-10-11-13-15-17-37(9-3,19(4)5)35-28-26(33)23-22(25(32)27(28)34)20(29)18-21(30)24(23)31/h18-19H,7-17H2,1-6H3. The molecule has 0 amide bonds. The third-order valence-corrected chi connectivity index (χ3v) is 18.6. The number of hydrogen-bond acceptors (Lipinski definition) is 1. The van der Waals surface area contributed by atoms with Crippen molar-refractivity contribution in [2.45, 2.75) is 115 Å². The highest BCUT2D eigenvalue weighted by Gasteiger charge is 2.41. The van der Waals surface area contributed by atoms with Gasteiger partial charge in [0.15, 0.2) is 29.0 Å². The summed E-state index contributed by atoms with van der Waals surface area (Å²) in [5, 5.41) is -2.52. The lowest BCUT2D eigenvalue weighted by Gasteiger charge is -2.35. The highest BCUT2D eigenvalue weighted by Crippen LogP contribution is 2.41. The summed E-state index contributed by atoms with van der Waals surface area (Å²) in [5.41, 5.74) is -0.0742. The molecular weight excluding hydrogens is 522 g/mol. The molecule has 0 radical (unpaired) electrons. The van der Waals surface area contributed by atoms with Crippen LogP contribution in [0.1, 0.15) is 73.1 Å². The predicted molar refractivity (Wildman–Crippen MR) is 146 cm³/mol. The molecule has 0 fully saturated rings. The van der Waals surface area contributed by atoms with Crippen LogP contribution in [0.3, 0.4) is 0 Å². The molecular formula is C28H42F6OSi2. The fourth-order valence-corrected chi connectivity index (χ4v) is 11.1. The quantitative estimate of drug-likeness (QED) is 0.0905. The molecule has 0 aliphatic heterocycles. The summed E-state index contributed by atoms with van der Waals surface area (Å²) in [4.78, 5) is 0. The molecule has 1 nitrogen and oxygen atoms in total. The van der Waals surface area contributed by atoms with E-state index in [9.17, 15) is 22.0 Å². The van der Waals surface area contributed by atoms with Crippen LogP contribution in [0.15, 0.2) is 6.07 Å². The van der Waals surface area contributed by atoms with Crippen LogP contribution in [-0.4, -0.2) is 16.4 Å². The van der Waals surface area contributed by atoms with Gasteiger partial charge >= 0.3 is 0 Å². The summed E-state index contributed by atoms with van der Waals surface area (Å²) >= 11 is 0. The van der Waals surface area contributed by atoms with Gasteiger partial charge in [-0.3, -0.25) is 0 Å². The topological polar surface area (TPSA) is 9.23 Å². The van der Waals surface area contributed by atoms with Crippen LogP contribution >= 0.6 is 0 Å². The lowest BCUT2D eigenvalue weighted by molar-refractivity contribution is 0.406. The Labute approximate surface area is 220 Å². The zero-order chi connectivity index (χ0) is 28.0. The maximum absolute atomic E-state index is 15.3. The van der Waals surface area contributed by atoms with Crippen LogP contribution in [0.2, 0.25) is 42.3 Å². The van der Waals surface area contributed by atoms with Crippen LogP contribution in [0.4, 0.5) is 26.3 Å². The van der Waals surface area contributed by atoms with Gasteiger partial charge in [0.2, 0.25) is 5.82 Å². The van der Waals surface area contributed by atoms with Crippen molar-refractivity contribution in [3.05, 3.63) is 41.0 Å². The molecule has 0 bridgehead atoms. The second-order valence-electron chi connectivity index (χ2n) is 11.0. The molecule has 2 aromatic carbocycles. The van der Waals surface area contributed by atoms with Gasteiger partial charge in [-0.05, 0) is 17.6 Å². The van der Waals surface area contributed by atoms with Gasteiger partial charge in [0.05, 0.1) is 10.8 Å². The molecule has 2 aromatic rings. The molecule has 0 aliphatic rings. The van der Waals surface area contributed by atoms with E-state index in [2.05, 4.69) is 20.4 Å². The van der Waals surface area contributed by atoms with Crippen LogP contribution in [0.5, 0.6) is 5.75 Å².